The summed E-state index contributed by atoms with van der Waals surface area (Å²) in [4.78, 5) is 4.13. The molecule has 0 unspecified atom stereocenters. The topological polar surface area (TPSA) is 83.0 Å². The van der Waals surface area contributed by atoms with E-state index in [0.717, 1.165) is 19.4 Å². The molecule has 0 saturated carbocycles. The normalized spacial score (nSPS) is 17.0. The lowest BCUT2D eigenvalue weighted by molar-refractivity contribution is 0.0730. The number of nitrogens with zero attached hydrogens (tertiary/aromatic N) is 2. The Morgan fingerprint density at radius 2 is 1.83 bits per heavy atom. The molecule has 1 rings (SSSR count). The number of halogens is 1. The van der Waals surface area contributed by atoms with Crippen LogP contribution in [0.4, 0.5) is 0 Å². The first-order valence-corrected chi connectivity index (χ1v) is 9.64. The van der Waals surface area contributed by atoms with Crippen LogP contribution in [0.15, 0.2) is 4.99 Å². The van der Waals surface area contributed by atoms with Gasteiger partial charge in [-0.1, -0.05) is 26.7 Å². The summed E-state index contributed by atoms with van der Waals surface area (Å²) < 4.78 is 31.0. The molecule has 0 aromatic heterocycles. The van der Waals surface area contributed by atoms with Gasteiger partial charge in [0, 0.05) is 33.2 Å². The van der Waals surface area contributed by atoms with E-state index in [1.807, 2.05) is 0 Å². The van der Waals surface area contributed by atoms with Gasteiger partial charge in [-0.15, -0.1) is 24.0 Å². The number of guanidine groups is 1. The second-order valence-electron chi connectivity index (χ2n) is 5.39. The zero-order valence-electron chi connectivity index (χ0n) is 14.4. The Bertz CT molecular complexity index is 435. The molecule has 1 aliphatic rings. The molecular weight excluding hydrogens is 431 g/mol. The maximum absolute atomic E-state index is 12.2. The van der Waals surface area contributed by atoms with Crippen LogP contribution in [-0.2, 0) is 14.8 Å². The van der Waals surface area contributed by atoms with E-state index in [1.54, 1.807) is 7.05 Å². The molecule has 0 atom stereocenters. The van der Waals surface area contributed by atoms with Gasteiger partial charge >= 0.3 is 0 Å². The summed E-state index contributed by atoms with van der Waals surface area (Å²) in [6.07, 6.45) is 2.23. The van der Waals surface area contributed by atoms with Crippen molar-refractivity contribution >= 4 is 40.0 Å². The third kappa shape index (κ3) is 8.50. The fourth-order valence-corrected chi connectivity index (χ4v) is 3.61. The Morgan fingerprint density at radius 3 is 2.35 bits per heavy atom. The van der Waals surface area contributed by atoms with Crippen LogP contribution in [0.2, 0.25) is 0 Å². The molecule has 0 aromatic rings. The van der Waals surface area contributed by atoms with Gasteiger partial charge in [0.25, 0.3) is 0 Å². The van der Waals surface area contributed by atoms with Crippen LogP contribution < -0.4 is 10.6 Å². The number of hydrogen-bond acceptors (Lipinski definition) is 4. The fourth-order valence-electron chi connectivity index (χ4n) is 2.29. The summed E-state index contributed by atoms with van der Waals surface area (Å²) >= 11 is 0. The van der Waals surface area contributed by atoms with Crippen molar-refractivity contribution in [3.8, 4) is 0 Å². The lowest BCUT2D eigenvalue weighted by Gasteiger charge is -2.26. The number of morpholine rings is 1. The SMILES string of the molecule is CCC(CC)CNC(=NC)NCCS(=O)(=O)N1CCOCC1.I. The zero-order chi connectivity index (χ0) is 16.4. The van der Waals surface area contributed by atoms with Gasteiger partial charge in [0.15, 0.2) is 5.96 Å². The molecule has 0 radical (unpaired) electrons. The average Bonchev–Trinajstić information content (AvgIpc) is 2.54. The molecule has 1 fully saturated rings. The van der Waals surface area contributed by atoms with E-state index in [4.69, 9.17) is 4.74 Å². The Hall–Kier alpha value is -0.130. The van der Waals surface area contributed by atoms with E-state index in [-0.39, 0.29) is 29.7 Å². The minimum atomic E-state index is -3.22. The highest BCUT2D eigenvalue weighted by molar-refractivity contribution is 14.0. The Balaban J connectivity index is 0.00000484. The van der Waals surface area contributed by atoms with Crippen LogP contribution >= 0.6 is 24.0 Å². The minimum Gasteiger partial charge on any atom is -0.379 e. The van der Waals surface area contributed by atoms with Gasteiger partial charge in [-0.2, -0.15) is 4.31 Å². The second-order valence-corrected chi connectivity index (χ2v) is 7.48. The highest BCUT2D eigenvalue weighted by Crippen LogP contribution is 2.06. The van der Waals surface area contributed by atoms with Crippen LogP contribution in [0.3, 0.4) is 0 Å². The summed E-state index contributed by atoms with van der Waals surface area (Å²) in [6.45, 7) is 7.39. The van der Waals surface area contributed by atoms with Crippen molar-refractivity contribution in [1.29, 1.82) is 0 Å². The van der Waals surface area contributed by atoms with Crippen molar-refractivity contribution in [2.24, 2.45) is 10.9 Å². The van der Waals surface area contributed by atoms with E-state index < -0.39 is 10.0 Å². The Labute approximate surface area is 157 Å². The largest absolute Gasteiger partial charge is 0.379 e. The maximum atomic E-state index is 12.2. The second kappa shape index (κ2) is 12.3. The van der Waals surface area contributed by atoms with E-state index in [1.165, 1.54) is 4.31 Å². The molecule has 0 spiro atoms. The van der Waals surface area contributed by atoms with Crippen LogP contribution in [0.1, 0.15) is 26.7 Å². The van der Waals surface area contributed by atoms with E-state index in [0.29, 0.717) is 44.7 Å². The smallest absolute Gasteiger partial charge is 0.215 e. The molecule has 1 saturated heterocycles. The summed E-state index contributed by atoms with van der Waals surface area (Å²) in [5, 5.41) is 6.32. The van der Waals surface area contributed by atoms with E-state index in [2.05, 4.69) is 29.5 Å². The first-order chi connectivity index (χ1) is 10.5. The third-order valence-electron chi connectivity index (χ3n) is 3.95. The van der Waals surface area contributed by atoms with Crippen molar-refractivity contribution in [3.05, 3.63) is 0 Å². The molecule has 0 amide bonds. The number of aliphatic imine (C=N–C) groups is 1. The summed E-state index contributed by atoms with van der Waals surface area (Å²) in [7, 11) is -1.53. The molecule has 1 aliphatic heterocycles. The van der Waals surface area contributed by atoms with E-state index in [9.17, 15) is 8.42 Å². The predicted octanol–water partition coefficient (Wildman–Crippen LogP) is 0.868. The highest BCUT2D eigenvalue weighted by Gasteiger charge is 2.23. The van der Waals surface area contributed by atoms with Crippen molar-refractivity contribution < 1.29 is 13.2 Å². The zero-order valence-corrected chi connectivity index (χ0v) is 17.5. The summed E-state index contributed by atoms with van der Waals surface area (Å²) in [5.74, 6) is 1.33. The molecule has 7 nitrogen and oxygen atoms in total. The van der Waals surface area contributed by atoms with Gasteiger partial charge in [0.1, 0.15) is 0 Å². The number of sulfonamides is 1. The molecule has 138 valence electrons. The van der Waals surface area contributed by atoms with Gasteiger partial charge in [-0.05, 0) is 5.92 Å². The monoisotopic (exact) mass is 462 g/mol. The Morgan fingerprint density at radius 1 is 1.22 bits per heavy atom. The van der Waals surface area contributed by atoms with Crippen molar-refractivity contribution in [2.45, 2.75) is 26.7 Å². The van der Waals surface area contributed by atoms with Gasteiger partial charge in [0.05, 0.1) is 19.0 Å². The first kappa shape index (κ1) is 22.9. The molecule has 0 bridgehead atoms. The van der Waals surface area contributed by atoms with Crippen LogP contribution in [0.25, 0.3) is 0 Å². The molecule has 0 aliphatic carbocycles. The molecule has 0 aromatic carbocycles. The van der Waals surface area contributed by atoms with Crippen molar-refractivity contribution in [1.82, 2.24) is 14.9 Å². The Kier molecular flexibility index (Phi) is 12.2. The fraction of sp³-hybridized carbons (Fsp3) is 0.929. The molecule has 2 N–H and O–H groups in total. The van der Waals surface area contributed by atoms with Gasteiger partial charge in [-0.25, -0.2) is 8.42 Å². The van der Waals surface area contributed by atoms with Crippen molar-refractivity contribution in [3.63, 3.8) is 0 Å². The number of rotatable bonds is 8. The number of nitrogens with one attached hydrogen (secondary N) is 2. The van der Waals surface area contributed by atoms with Crippen LogP contribution in [-0.4, -0.2) is 70.9 Å². The highest BCUT2D eigenvalue weighted by atomic mass is 127. The molecular formula is C14H31IN4O3S. The maximum Gasteiger partial charge on any atom is 0.215 e. The van der Waals surface area contributed by atoms with Gasteiger partial charge in [0.2, 0.25) is 10.0 Å². The van der Waals surface area contributed by atoms with E-state index >= 15 is 0 Å². The number of ether oxygens (including phenoxy) is 1. The molecule has 23 heavy (non-hydrogen) atoms. The number of hydrogen-bond donors (Lipinski definition) is 2. The van der Waals surface area contributed by atoms with Gasteiger partial charge in [-0.3, -0.25) is 4.99 Å². The van der Waals surface area contributed by atoms with Gasteiger partial charge < -0.3 is 15.4 Å². The quantitative estimate of drug-likeness (QED) is 0.318. The van der Waals surface area contributed by atoms with Crippen LogP contribution in [0, 0.1) is 5.92 Å². The third-order valence-corrected chi connectivity index (χ3v) is 5.82. The minimum absolute atomic E-state index is 0. The standard InChI is InChI=1S/C14H30N4O3S.HI/c1-4-13(5-2)12-17-14(15-3)16-6-11-22(19,20)18-7-9-21-10-8-18;/h13H,4-12H2,1-3H3,(H2,15,16,17);1H. The molecule has 1 heterocycles. The average molecular weight is 462 g/mol. The van der Waals surface area contributed by atoms with Crippen LogP contribution in [0.5, 0.6) is 0 Å². The first-order valence-electron chi connectivity index (χ1n) is 8.03. The summed E-state index contributed by atoms with van der Waals surface area (Å²) in [5.41, 5.74) is 0. The summed E-state index contributed by atoms with van der Waals surface area (Å²) in [6, 6.07) is 0. The van der Waals surface area contributed by atoms with Crippen molar-refractivity contribution in [2.75, 3.05) is 52.2 Å². The lowest BCUT2D eigenvalue weighted by Crippen LogP contribution is -2.45. The molecule has 9 heteroatoms. The lowest BCUT2D eigenvalue weighted by atomic mass is 10.0. The predicted molar refractivity (Wildman–Crippen MR) is 105 cm³/mol.